The van der Waals surface area contributed by atoms with Crippen molar-refractivity contribution in [2.45, 2.75) is 12.8 Å². The van der Waals surface area contributed by atoms with Crippen LogP contribution in [0.5, 0.6) is 0 Å². The van der Waals surface area contributed by atoms with E-state index in [2.05, 4.69) is 5.32 Å². The molecular formula is C15H16N4O3. The average molecular weight is 300 g/mol. The van der Waals surface area contributed by atoms with E-state index < -0.39 is 11.8 Å². The Kier molecular flexibility index (Phi) is 4.73. The summed E-state index contributed by atoms with van der Waals surface area (Å²) in [6.07, 6.45) is 0.955. The number of primary amides is 1. The van der Waals surface area contributed by atoms with Crippen molar-refractivity contribution in [2.75, 3.05) is 18.4 Å². The van der Waals surface area contributed by atoms with Crippen molar-refractivity contribution in [3.63, 3.8) is 0 Å². The van der Waals surface area contributed by atoms with E-state index in [0.717, 1.165) is 0 Å². The molecule has 0 saturated carbocycles. The molecule has 0 atom stereocenters. The molecule has 1 aromatic rings. The van der Waals surface area contributed by atoms with Crippen LogP contribution in [0, 0.1) is 17.2 Å². The Labute approximate surface area is 127 Å². The Bertz CT molecular complexity index is 625. The van der Waals surface area contributed by atoms with Crippen LogP contribution in [-0.2, 0) is 14.4 Å². The number of rotatable bonds is 2. The summed E-state index contributed by atoms with van der Waals surface area (Å²) in [6, 6.07) is 8.19. The third kappa shape index (κ3) is 3.61. The molecule has 7 heteroatoms. The maximum atomic E-state index is 12.0. The lowest BCUT2D eigenvalue weighted by atomic mass is 9.96. The van der Waals surface area contributed by atoms with Gasteiger partial charge in [0.05, 0.1) is 11.6 Å². The number of anilines is 1. The first-order valence-electron chi connectivity index (χ1n) is 6.91. The minimum absolute atomic E-state index is 0.231. The summed E-state index contributed by atoms with van der Waals surface area (Å²) in [4.78, 5) is 36.5. The first-order chi connectivity index (χ1) is 10.5. The maximum absolute atomic E-state index is 12.0. The molecule has 1 aliphatic heterocycles. The number of hydrogen-bond donors (Lipinski definition) is 2. The monoisotopic (exact) mass is 300 g/mol. The van der Waals surface area contributed by atoms with Gasteiger partial charge in [0, 0.05) is 24.7 Å². The molecule has 1 aromatic carbocycles. The Morgan fingerprint density at radius 2 is 1.77 bits per heavy atom. The van der Waals surface area contributed by atoms with Gasteiger partial charge in [-0.2, -0.15) is 5.26 Å². The Hall–Kier alpha value is -2.88. The molecule has 0 radical (unpaired) electrons. The Balaban J connectivity index is 1.91. The van der Waals surface area contributed by atoms with Crippen LogP contribution in [0.4, 0.5) is 5.69 Å². The fourth-order valence-electron chi connectivity index (χ4n) is 2.32. The minimum Gasteiger partial charge on any atom is -0.369 e. The van der Waals surface area contributed by atoms with Crippen LogP contribution in [-0.4, -0.2) is 35.7 Å². The number of amides is 3. The number of likely N-dealkylation sites (tertiary alicyclic amines) is 1. The van der Waals surface area contributed by atoms with Crippen LogP contribution in [0.25, 0.3) is 0 Å². The number of piperidine rings is 1. The van der Waals surface area contributed by atoms with Crippen molar-refractivity contribution in [2.24, 2.45) is 11.7 Å². The maximum Gasteiger partial charge on any atom is 0.313 e. The van der Waals surface area contributed by atoms with Gasteiger partial charge in [0.25, 0.3) is 0 Å². The number of carbonyl (C=O) groups excluding carboxylic acids is 3. The van der Waals surface area contributed by atoms with Gasteiger partial charge >= 0.3 is 11.8 Å². The molecular weight excluding hydrogens is 284 g/mol. The van der Waals surface area contributed by atoms with Crippen LogP contribution in [0.15, 0.2) is 24.3 Å². The predicted molar refractivity (Wildman–Crippen MR) is 78.3 cm³/mol. The van der Waals surface area contributed by atoms with Gasteiger partial charge in [0.2, 0.25) is 5.91 Å². The summed E-state index contributed by atoms with van der Waals surface area (Å²) in [5.74, 6) is -1.96. The van der Waals surface area contributed by atoms with Gasteiger partial charge in [-0.05, 0) is 37.1 Å². The molecule has 22 heavy (non-hydrogen) atoms. The normalized spacial score (nSPS) is 15.0. The summed E-state index contributed by atoms with van der Waals surface area (Å²) >= 11 is 0. The van der Waals surface area contributed by atoms with Gasteiger partial charge in [0.15, 0.2) is 0 Å². The Morgan fingerprint density at radius 1 is 1.18 bits per heavy atom. The highest BCUT2D eigenvalue weighted by molar-refractivity contribution is 6.39. The second-order valence-electron chi connectivity index (χ2n) is 5.11. The van der Waals surface area contributed by atoms with E-state index in [1.807, 2.05) is 6.07 Å². The summed E-state index contributed by atoms with van der Waals surface area (Å²) in [5, 5.41) is 11.2. The van der Waals surface area contributed by atoms with Crippen molar-refractivity contribution in [3.8, 4) is 6.07 Å². The van der Waals surface area contributed by atoms with E-state index in [1.165, 1.54) is 4.90 Å². The fraction of sp³-hybridized carbons (Fsp3) is 0.333. The second kappa shape index (κ2) is 6.72. The first kappa shape index (κ1) is 15.5. The largest absolute Gasteiger partial charge is 0.369 e. The van der Waals surface area contributed by atoms with E-state index in [4.69, 9.17) is 11.0 Å². The molecule has 0 aromatic heterocycles. The van der Waals surface area contributed by atoms with Crippen molar-refractivity contribution in [1.82, 2.24) is 4.90 Å². The predicted octanol–water partition coefficient (Wildman–Crippen LogP) is 0.221. The molecule has 1 saturated heterocycles. The van der Waals surface area contributed by atoms with E-state index >= 15 is 0 Å². The van der Waals surface area contributed by atoms with Crippen LogP contribution in [0.3, 0.4) is 0 Å². The van der Waals surface area contributed by atoms with Crippen molar-refractivity contribution in [3.05, 3.63) is 29.8 Å². The third-order valence-electron chi connectivity index (χ3n) is 3.65. The second-order valence-corrected chi connectivity index (χ2v) is 5.11. The standard InChI is InChI=1S/C15H16N4O3/c16-9-10-1-3-12(4-2-10)18-14(21)15(22)19-7-5-11(6-8-19)13(17)20/h1-4,11H,5-8H2,(H2,17,20)(H,18,21). The van der Waals surface area contributed by atoms with E-state index in [1.54, 1.807) is 24.3 Å². The molecule has 0 unspecified atom stereocenters. The topological polar surface area (TPSA) is 116 Å². The number of nitrogens with two attached hydrogens (primary N) is 1. The van der Waals surface area contributed by atoms with Crippen LogP contribution >= 0.6 is 0 Å². The lowest BCUT2D eigenvalue weighted by Crippen LogP contribution is -2.46. The molecule has 7 nitrogen and oxygen atoms in total. The molecule has 3 N–H and O–H groups in total. The Morgan fingerprint density at radius 3 is 2.27 bits per heavy atom. The van der Waals surface area contributed by atoms with Gasteiger partial charge in [0.1, 0.15) is 0 Å². The summed E-state index contributed by atoms with van der Waals surface area (Å²) in [6.45, 7) is 0.681. The molecule has 0 aliphatic carbocycles. The van der Waals surface area contributed by atoms with E-state index in [9.17, 15) is 14.4 Å². The molecule has 1 heterocycles. The molecule has 3 amide bonds. The quantitative estimate of drug-likeness (QED) is 0.760. The number of carbonyl (C=O) groups is 3. The highest BCUT2D eigenvalue weighted by Gasteiger charge is 2.29. The van der Waals surface area contributed by atoms with Gasteiger partial charge in [-0.3, -0.25) is 14.4 Å². The number of nitriles is 1. The smallest absolute Gasteiger partial charge is 0.313 e. The van der Waals surface area contributed by atoms with Gasteiger partial charge < -0.3 is 16.0 Å². The van der Waals surface area contributed by atoms with Crippen molar-refractivity contribution in [1.29, 1.82) is 5.26 Å². The molecule has 1 fully saturated rings. The fourth-order valence-corrected chi connectivity index (χ4v) is 2.32. The van der Waals surface area contributed by atoms with Crippen LogP contribution < -0.4 is 11.1 Å². The zero-order chi connectivity index (χ0) is 16.1. The summed E-state index contributed by atoms with van der Waals surface area (Å²) in [5.41, 5.74) is 6.15. The van der Waals surface area contributed by atoms with Gasteiger partial charge in [-0.15, -0.1) is 0 Å². The SMILES string of the molecule is N#Cc1ccc(NC(=O)C(=O)N2CCC(C(N)=O)CC2)cc1. The van der Waals surface area contributed by atoms with Gasteiger partial charge in [-0.1, -0.05) is 0 Å². The lowest BCUT2D eigenvalue weighted by Gasteiger charge is -2.29. The number of nitrogens with zero attached hydrogens (tertiary/aromatic N) is 2. The van der Waals surface area contributed by atoms with Crippen LogP contribution in [0.2, 0.25) is 0 Å². The van der Waals surface area contributed by atoms with E-state index in [-0.39, 0.29) is 11.8 Å². The first-order valence-corrected chi connectivity index (χ1v) is 6.91. The lowest BCUT2D eigenvalue weighted by molar-refractivity contribution is -0.144. The molecule has 0 spiro atoms. The zero-order valence-electron chi connectivity index (χ0n) is 11.9. The number of nitrogens with one attached hydrogen (secondary N) is 1. The zero-order valence-corrected chi connectivity index (χ0v) is 11.9. The summed E-state index contributed by atoms with van der Waals surface area (Å²) < 4.78 is 0. The number of benzene rings is 1. The minimum atomic E-state index is -0.734. The van der Waals surface area contributed by atoms with Crippen molar-refractivity contribution < 1.29 is 14.4 Å². The highest BCUT2D eigenvalue weighted by Crippen LogP contribution is 2.17. The summed E-state index contributed by atoms with van der Waals surface area (Å²) in [7, 11) is 0. The van der Waals surface area contributed by atoms with Crippen molar-refractivity contribution >= 4 is 23.4 Å². The number of hydrogen-bond acceptors (Lipinski definition) is 4. The van der Waals surface area contributed by atoms with Crippen LogP contribution in [0.1, 0.15) is 18.4 Å². The van der Waals surface area contributed by atoms with Gasteiger partial charge in [-0.25, -0.2) is 0 Å². The highest BCUT2D eigenvalue weighted by atomic mass is 16.2. The molecule has 0 bridgehead atoms. The average Bonchev–Trinajstić information content (AvgIpc) is 2.55. The third-order valence-corrected chi connectivity index (χ3v) is 3.65. The van der Waals surface area contributed by atoms with E-state index in [0.29, 0.717) is 37.2 Å². The molecule has 1 aliphatic rings. The molecule has 2 rings (SSSR count). The molecule has 114 valence electrons.